The van der Waals surface area contributed by atoms with Gasteiger partial charge in [0.05, 0.1) is 5.56 Å². The maximum Gasteiger partial charge on any atom is 0.273 e. The maximum absolute atomic E-state index is 12.0. The third-order valence-electron chi connectivity index (χ3n) is 2.86. The fourth-order valence-electron chi connectivity index (χ4n) is 1.82. The summed E-state index contributed by atoms with van der Waals surface area (Å²) in [6.45, 7) is 0. The van der Waals surface area contributed by atoms with Crippen LogP contribution in [0.4, 0.5) is 5.69 Å². The largest absolute Gasteiger partial charge is 0.387 e. The topological polar surface area (TPSA) is 53.5 Å². The first kappa shape index (κ1) is 14.5. The predicted octanol–water partition coefficient (Wildman–Crippen LogP) is 3.16. The van der Waals surface area contributed by atoms with Crippen molar-refractivity contribution in [1.29, 1.82) is 0 Å². The second kappa shape index (κ2) is 7.65. The Morgan fingerprint density at radius 1 is 1.05 bits per heavy atom. The first-order valence-electron chi connectivity index (χ1n) is 6.63. The number of rotatable bonds is 5. The Hall–Kier alpha value is -2.88. The van der Waals surface area contributed by atoms with Crippen molar-refractivity contribution in [3.8, 4) is 0 Å². The second-order valence-electron chi connectivity index (χ2n) is 4.28. The van der Waals surface area contributed by atoms with Crippen LogP contribution in [0.5, 0.6) is 0 Å². The average molecular weight is 279 g/mol. The zero-order valence-electron chi connectivity index (χ0n) is 11.8. The molecule has 0 spiro atoms. The van der Waals surface area contributed by atoms with Gasteiger partial charge >= 0.3 is 0 Å². The van der Waals surface area contributed by atoms with Gasteiger partial charge in [-0.25, -0.2) is 5.43 Å². The Morgan fingerprint density at radius 3 is 2.52 bits per heavy atom. The molecule has 2 rings (SSSR count). The summed E-state index contributed by atoms with van der Waals surface area (Å²) in [5.74, 6) is -0.246. The lowest BCUT2D eigenvalue weighted by atomic mass is 10.1. The standard InChI is InChI=1S/C17H17N3O/c1-18-16-12-6-5-11-15(16)17(21)20-19-13-7-10-14-8-3-2-4-9-14/h2-13,18H,1H3,(H,20,21). The molecule has 21 heavy (non-hydrogen) atoms. The Morgan fingerprint density at radius 2 is 1.76 bits per heavy atom. The van der Waals surface area contributed by atoms with Gasteiger partial charge in [-0.2, -0.15) is 5.10 Å². The van der Waals surface area contributed by atoms with E-state index < -0.39 is 0 Å². The molecule has 0 radical (unpaired) electrons. The number of anilines is 1. The monoisotopic (exact) mass is 279 g/mol. The number of nitrogens with zero attached hydrogens (tertiary/aromatic N) is 1. The molecule has 0 aliphatic rings. The Balaban J connectivity index is 1.92. The number of carbonyl (C=O) groups excluding carboxylic acids is 1. The molecule has 0 saturated carbocycles. The van der Waals surface area contributed by atoms with Crippen LogP contribution < -0.4 is 10.7 Å². The predicted molar refractivity (Wildman–Crippen MR) is 87.4 cm³/mol. The first-order chi connectivity index (χ1) is 10.3. The SMILES string of the molecule is CNc1ccccc1C(=O)NN=CC=Cc1ccccc1. The molecule has 0 heterocycles. The first-order valence-corrected chi connectivity index (χ1v) is 6.63. The van der Waals surface area contributed by atoms with Crippen LogP contribution in [0, 0.1) is 0 Å². The minimum absolute atomic E-state index is 0.246. The van der Waals surface area contributed by atoms with Crippen molar-refractivity contribution in [3.63, 3.8) is 0 Å². The van der Waals surface area contributed by atoms with Gasteiger partial charge in [-0.15, -0.1) is 0 Å². The van der Waals surface area contributed by atoms with E-state index in [1.54, 1.807) is 25.4 Å². The number of carbonyl (C=O) groups is 1. The highest BCUT2D eigenvalue weighted by Crippen LogP contribution is 2.13. The van der Waals surface area contributed by atoms with Crippen molar-refractivity contribution < 1.29 is 4.79 Å². The number of hydrazone groups is 1. The van der Waals surface area contributed by atoms with Crippen molar-refractivity contribution >= 4 is 23.9 Å². The summed E-state index contributed by atoms with van der Waals surface area (Å²) in [6.07, 6.45) is 5.24. The van der Waals surface area contributed by atoms with E-state index in [1.807, 2.05) is 54.6 Å². The van der Waals surface area contributed by atoms with Crippen LogP contribution >= 0.6 is 0 Å². The van der Waals surface area contributed by atoms with Gasteiger partial charge in [0.1, 0.15) is 0 Å². The van der Waals surface area contributed by atoms with Crippen LogP contribution in [0.25, 0.3) is 6.08 Å². The third kappa shape index (κ3) is 4.31. The summed E-state index contributed by atoms with van der Waals surface area (Å²) in [7, 11) is 1.78. The molecule has 0 atom stereocenters. The average Bonchev–Trinajstić information content (AvgIpc) is 2.55. The minimum Gasteiger partial charge on any atom is -0.387 e. The summed E-state index contributed by atoms with van der Waals surface area (Å²) < 4.78 is 0. The van der Waals surface area contributed by atoms with Crippen LogP contribution in [0.15, 0.2) is 65.8 Å². The van der Waals surface area contributed by atoms with E-state index in [-0.39, 0.29) is 5.91 Å². The van der Waals surface area contributed by atoms with Crippen LogP contribution in [0.3, 0.4) is 0 Å². The molecule has 0 aromatic heterocycles. The quantitative estimate of drug-likeness (QED) is 0.652. The van der Waals surface area contributed by atoms with Crippen molar-refractivity contribution in [3.05, 3.63) is 71.8 Å². The minimum atomic E-state index is -0.246. The fraction of sp³-hybridized carbons (Fsp3) is 0.0588. The van der Waals surface area contributed by atoms with Gasteiger partial charge in [0.15, 0.2) is 0 Å². The van der Waals surface area contributed by atoms with E-state index in [2.05, 4.69) is 15.8 Å². The summed E-state index contributed by atoms with van der Waals surface area (Å²) in [5, 5.41) is 6.87. The highest BCUT2D eigenvalue weighted by atomic mass is 16.2. The number of nitrogens with one attached hydrogen (secondary N) is 2. The summed E-state index contributed by atoms with van der Waals surface area (Å²) in [5.41, 5.74) is 4.91. The molecule has 0 aliphatic heterocycles. The lowest BCUT2D eigenvalue weighted by Crippen LogP contribution is -2.18. The lowest BCUT2D eigenvalue weighted by Gasteiger charge is -2.06. The number of hydrogen-bond acceptors (Lipinski definition) is 3. The number of para-hydroxylation sites is 1. The van der Waals surface area contributed by atoms with Gasteiger partial charge in [-0.1, -0.05) is 48.5 Å². The molecular formula is C17H17N3O. The van der Waals surface area contributed by atoms with Gasteiger partial charge in [-0.3, -0.25) is 4.79 Å². The molecule has 4 nitrogen and oxygen atoms in total. The zero-order valence-corrected chi connectivity index (χ0v) is 11.8. The molecule has 2 aromatic carbocycles. The van der Waals surface area contributed by atoms with Gasteiger partial charge in [0, 0.05) is 18.9 Å². The van der Waals surface area contributed by atoms with Crippen LogP contribution in [-0.2, 0) is 0 Å². The smallest absolute Gasteiger partial charge is 0.273 e. The van der Waals surface area contributed by atoms with Crippen LogP contribution in [-0.4, -0.2) is 19.2 Å². The molecule has 2 aromatic rings. The molecule has 0 bridgehead atoms. The van der Waals surface area contributed by atoms with Gasteiger partial charge in [-0.05, 0) is 23.8 Å². The van der Waals surface area contributed by atoms with Gasteiger partial charge in [0.2, 0.25) is 0 Å². The van der Waals surface area contributed by atoms with Crippen LogP contribution in [0.2, 0.25) is 0 Å². The molecule has 0 unspecified atom stereocenters. The Bertz CT molecular complexity index is 648. The number of benzene rings is 2. The number of amides is 1. The molecule has 1 amide bonds. The van der Waals surface area contributed by atoms with Crippen molar-refractivity contribution in [2.24, 2.45) is 5.10 Å². The van der Waals surface area contributed by atoms with E-state index in [9.17, 15) is 4.79 Å². The molecular weight excluding hydrogens is 262 g/mol. The third-order valence-corrected chi connectivity index (χ3v) is 2.86. The molecule has 2 N–H and O–H groups in total. The normalized spacial score (nSPS) is 10.9. The Labute approximate surface area is 124 Å². The maximum atomic E-state index is 12.0. The molecule has 4 heteroatoms. The van der Waals surface area contributed by atoms with E-state index >= 15 is 0 Å². The highest BCUT2D eigenvalue weighted by molar-refractivity contribution is 5.99. The van der Waals surface area contributed by atoms with Crippen LogP contribution in [0.1, 0.15) is 15.9 Å². The van der Waals surface area contributed by atoms with E-state index in [4.69, 9.17) is 0 Å². The Kier molecular flexibility index (Phi) is 5.29. The summed E-state index contributed by atoms with van der Waals surface area (Å²) >= 11 is 0. The highest BCUT2D eigenvalue weighted by Gasteiger charge is 2.07. The van der Waals surface area contributed by atoms with E-state index in [0.29, 0.717) is 5.56 Å². The van der Waals surface area contributed by atoms with Crippen molar-refractivity contribution in [2.75, 3.05) is 12.4 Å². The zero-order chi connectivity index (χ0) is 14.9. The summed E-state index contributed by atoms with van der Waals surface area (Å²) in [6, 6.07) is 17.2. The molecule has 0 aliphatic carbocycles. The lowest BCUT2D eigenvalue weighted by molar-refractivity contribution is 0.0956. The molecule has 106 valence electrons. The van der Waals surface area contributed by atoms with Gasteiger partial charge in [0.25, 0.3) is 5.91 Å². The van der Waals surface area contributed by atoms with E-state index in [0.717, 1.165) is 11.3 Å². The van der Waals surface area contributed by atoms with Crippen molar-refractivity contribution in [2.45, 2.75) is 0 Å². The number of allylic oxidation sites excluding steroid dienone is 1. The summed E-state index contributed by atoms with van der Waals surface area (Å²) in [4.78, 5) is 12.0. The van der Waals surface area contributed by atoms with Crippen molar-refractivity contribution in [1.82, 2.24) is 5.43 Å². The molecule has 0 fully saturated rings. The van der Waals surface area contributed by atoms with E-state index in [1.165, 1.54) is 0 Å². The second-order valence-corrected chi connectivity index (χ2v) is 4.28. The van der Waals surface area contributed by atoms with Gasteiger partial charge < -0.3 is 5.32 Å². The fourth-order valence-corrected chi connectivity index (χ4v) is 1.82. The number of hydrogen-bond donors (Lipinski definition) is 2. The molecule has 0 saturated heterocycles.